The predicted octanol–water partition coefficient (Wildman–Crippen LogP) is 12.6. The highest BCUT2D eigenvalue weighted by Crippen LogP contribution is 2.28. The molecule has 7 N–H and O–H groups in total. The Kier molecular flexibility index (Phi) is 84.3. The SMILES string of the molecule is CCNC(=O)C(C)(C)CSCCC[Si](OC)(OC)OC.CCNC(=O)C(C)CSCCC[Si](OCC)(OCC)OCC.CCO[Si](CCCSCC(C)C(C)=O)(OCC)OCC.CO[Si](CCCSCC(C)(C)C(N)=O)(OC)OC.CO[Si](CCCSCC(C)C(N)=O)(OC)OC.CO[Si](CCCSCC(C)NC(C)=O)(OC)OC. The van der Waals surface area contributed by atoms with E-state index in [0.29, 0.717) is 52.7 Å². The second-order valence-corrected chi connectivity index (χ2v) is 52.0. The molecule has 0 aromatic rings. The molecule has 0 aromatic carbocycles. The molecule has 0 saturated carbocycles. The van der Waals surface area contributed by atoms with Gasteiger partial charge in [0.1, 0.15) is 5.78 Å². The normalized spacial score (nSPS) is 13.1. The Hall–Kier alpha value is -0.299. The Bertz CT molecular complexity index is 2300. The molecule has 690 valence electrons. The summed E-state index contributed by atoms with van der Waals surface area (Å²) in [6, 6.07) is 5.08. The number of nitrogens with two attached hydrogens (primary N) is 2. The topological polar surface area (TPSA) is 357 Å². The summed E-state index contributed by atoms with van der Waals surface area (Å²) in [5.41, 5.74) is 9.70. The quantitative estimate of drug-likeness (QED) is 0.0279. The van der Waals surface area contributed by atoms with Crippen molar-refractivity contribution in [1.29, 1.82) is 0 Å². The molecule has 0 saturated heterocycles. The summed E-state index contributed by atoms with van der Waals surface area (Å²) < 4.78 is 99.0. The van der Waals surface area contributed by atoms with E-state index >= 15 is 0 Å². The van der Waals surface area contributed by atoms with E-state index in [1.807, 2.05) is 134 Å². The molecule has 0 rings (SSSR count). The molecule has 4 atom stereocenters. The summed E-state index contributed by atoms with van der Waals surface area (Å²) >= 11 is 10.7. The van der Waals surface area contributed by atoms with Crippen LogP contribution in [-0.4, -0.2) is 301 Å². The lowest BCUT2D eigenvalue weighted by Gasteiger charge is -2.28. The third-order valence-electron chi connectivity index (χ3n) is 17.0. The van der Waals surface area contributed by atoms with Crippen molar-refractivity contribution < 1.29 is 108 Å². The number of carbonyl (C=O) groups is 6. The molecular weight excluding hydrogens is 1700 g/mol. The Morgan fingerprint density at radius 3 is 0.843 bits per heavy atom. The van der Waals surface area contributed by atoms with Crippen LogP contribution in [0.1, 0.15) is 163 Å². The second-order valence-electron chi connectivity index (χ2n) is 27.4. The zero-order chi connectivity index (χ0) is 89.5. The molecule has 0 aliphatic heterocycles. The van der Waals surface area contributed by atoms with Gasteiger partial charge in [-0.05, 0) is 142 Å². The van der Waals surface area contributed by atoms with Gasteiger partial charge >= 0.3 is 52.8 Å². The molecule has 29 nitrogen and oxygen atoms in total. The van der Waals surface area contributed by atoms with Crippen LogP contribution in [-0.2, 0) is 108 Å². The van der Waals surface area contributed by atoms with Crippen LogP contribution in [0.25, 0.3) is 0 Å². The van der Waals surface area contributed by atoms with Crippen molar-refractivity contribution in [2.45, 2.75) is 205 Å². The lowest BCUT2D eigenvalue weighted by molar-refractivity contribution is -0.128. The van der Waals surface area contributed by atoms with E-state index in [1.54, 1.807) is 139 Å². The van der Waals surface area contributed by atoms with Crippen molar-refractivity contribution in [3.8, 4) is 0 Å². The van der Waals surface area contributed by atoms with Gasteiger partial charge in [0.25, 0.3) is 0 Å². The Balaban J connectivity index is -0.000000311. The summed E-state index contributed by atoms with van der Waals surface area (Å²) in [5.74, 6) is 11.0. The van der Waals surface area contributed by atoms with Gasteiger partial charge < -0.3 is 107 Å². The van der Waals surface area contributed by atoms with Gasteiger partial charge in [-0.3, -0.25) is 28.8 Å². The summed E-state index contributed by atoms with van der Waals surface area (Å²) in [6.45, 7) is 39.5. The van der Waals surface area contributed by atoms with E-state index < -0.39 is 58.2 Å². The van der Waals surface area contributed by atoms with Crippen molar-refractivity contribution in [2.24, 2.45) is 40.1 Å². The Morgan fingerprint density at radius 1 is 0.348 bits per heavy atom. The Labute approximate surface area is 730 Å². The van der Waals surface area contributed by atoms with Gasteiger partial charge in [0, 0.05) is 240 Å². The van der Waals surface area contributed by atoms with Crippen LogP contribution >= 0.6 is 70.6 Å². The van der Waals surface area contributed by atoms with Gasteiger partial charge in [-0.15, -0.1) is 0 Å². The minimum Gasteiger partial charge on any atom is -0.377 e. The second kappa shape index (κ2) is 77.3. The molecule has 0 fully saturated rings. The van der Waals surface area contributed by atoms with Crippen LogP contribution in [0.15, 0.2) is 0 Å². The van der Waals surface area contributed by atoms with Gasteiger partial charge in [-0.2, -0.15) is 70.6 Å². The first-order chi connectivity index (χ1) is 54.3. The van der Waals surface area contributed by atoms with E-state index in [1.165, 1.54) is 6.92 Å². The third-order valence-corrected chi connectivity index (χ3v) is 42.9. The van der Waals surface area contributed by atoms with E-state index in [2.05, 4.69) is 16.0 Å². The standard InChI is InChI=1S/C15H33NO4SSi.C14H30O4SSi.C13H29NO4SSi.2C11H25NO4SSi.C10H23NO4SSi/c1-6-16-15(17)14(5)13-21-11-10-12-22(18-7-2,19-8-3)20-9-4;1-6-16-20(17-7-2,18-8-3)11-9-10-19-12-13(4)14(5)15;1-7-14-12(15)13(2,3)11-19-9-8-10-20(16-4,17-5)18-6;1-11(2,10(12)13)9-17-7-6-8-18(14-3,15-4)16-5;1-10(12-11(2)13)9-17-7-6-8-18(14-3,15-4)16-5;1-9(10(11)12)8-16-6-5-7-17(13-2,14-3)15-4/h14H,6-13H2,1-5H3,(H,16,17);13H,6-12H2,1-5H3;7-11H2,1-6H3,(H,14,15);6-9H2,1-5H3,(H2,12,13);10H,6-9H2,1-5H3,(H,12,13);9H,5-8H2,1-4H3,(H2,11,12). The zero-order valence-electron chi connectivity index (χ0n) is 76.8. The molecule has 4 unspecified atom stereocenters. The molecule has 0 aromatic heterocycles. The van der Waals surface area contributed by atoms with Crippen molar-refractivity contribution in [3.05, 3.63) is 0 Å². The smallest absolute Gasteiger partial charge is 0.377 e. The summed E-state index contributed by atoms with van der Waals surface area (Å²) in [4.78, 5) is 67.4. The molecule has 0 heterocycles. The van der Waals surface area contributed by atoms with Crippen molar-refractivity contribution in [2.75, 3.05) is 207 Å². The zero-order valence-corrected chi connectivity index (χ0v) is 87.7. The molecule has 0 aliphatic rings. The average molecular weight is 1870 g/mol. The first-order valence-corrected chi connectivity index (χ1v) is 58.6. The van der Waals surface area contributed by atoms with Crippen LogP contribution < -0.4 is 27.4 Å². The fourth-order valence-electron chi connectivity index (χ4n) is 9.82. The Morgan fingerprint density at radius 2 is 0.600 bits per heavy atom. The number of nitrogens with one attached hydrogen (secondary N) is 3. The van der Waals surface area contributed by atoms with Crippen LogP contribution in [0, 0.1) is 28.6 Å². The van der Waals surface area contributed by atoms with Crippen LogP contribution in [0.5, 0.6) is 0 Å². The highest BCUT2D eigenvalue weighted by atomic mass is 32.2. The van der Waals surface area contributed by atoms with Crippen molar-refractivity contribution >= 4 is 159 Å². The van der Waals surface area contributed by atoms with E-state index in [0.717, 1.165) is 144 Å². The van der Waals surface area contributed by atoms with E-state index in [9.17, 15) is 28.8 Å². The highest BCUT2D eigenvalue weighted by molar-refractivity contribution is 8.00. The highest BCUT2D eigenvalue weighted by Gasteiger charge is 2.43. The maximum atomic E-state index is 11.8. The monoisotopic (exact) mass is 1870 g/mol. The van der Waals surface area contributed by atoms with Crippen molar-refractivity contribution in [1.82, 2.24) is 16.0 Å². The number of carbonyl (C=O) groups excluding carboxylic acids is 6. The fraction of sp³-hybridized carbons (Fsp3) is 0.919. The lowest BCUT2D eigenvalue weighted by Crippen LogP contribution is -2.46. The van der Waals surface area contributed by atoms with Crippen LogP contribution in [0.3, 0.4) is 0 Å². The number of hydrogen-bond acceptors (Lipinski definition) is 30. The third kappa shape index (κ3) is 63.3. The van der Waals surface area contributed by atoms with E-state index in [-0.39, 0.29) is 64.5 Å². The van der Waals surface area contributed by atoms with Gasteiger partial charge in [0.05, 0.1) is 10.8 Å². The molecule has 5 amide bonds. The number of rotatable bonds is 68. The molecule has 41 heteroatoms. The molecule has 115 heavy (non-hydrogen) atoms. The molecular formula is C74H165N5O24S6Si6. The van der Waals surface area contributed by atoms with Gasteiger partial charge in [-0.1, -0.05) is 48.5 Å². The summed E-state index contributed by atoms with van der Waals surface area (Å²) in [5, 5.41) is 8.59. The minimum atomic E-state index is -2.50. The largest absolute Gasteiger partial charge is 0.500 e. The number of primary amides is 2. The van der Waals surface area contributed by atoms with Crippen LogP contribution in [0.4, 0.5) is 0 Å². The number of thioether (sulfide) groups is 6. The maximum absolute atomic E-state index is 11.8. The van der Waals surface area contributed by atoms with Gasteiger partial charge in [0.15, 0.2) is 0 Å². The van der Waals surface area contributed by atoms with Gasteiger partial charge in [-0.25, -0.2) is 0 Å². The summed E-state index contributed by atoms with van der Waals surface area (Å²) in [6.07, 6.45) is 5.80. The van der Waals surface area contributed by atoms with Gasteiger partial charge in [0.2, 0.25) is 29.5 Å². The molecule has 0 aliphatic carbocycles. The first-order valence-electron chi connectivity index (χ1n) is 40.1. The summed E-state index contributed by atoms with van der Waals surface area (Å²) in [7, 11) is 4.78. The number of amides is 5. The van der Waals surface area contributed by atoms with Crippen molar-refractivity contribution in [3.63, 3.8) is 0 Å². The molecule has 0 spiro atoms. The molecule has 0 bridgehead atoms. The number of Topliss-reactive ketones (excluding diaryl/α,β-unsaturated/α-hetero) is 1. The maximum Gasteiger partial charge on any atom is 0.500 e. The molecule has 0 radical (unpaired) electrons. The fourth-order valence-corrected chi connectivity index (χ4v) is 29.9. The predicted molar refractivity (Wildman–Crippen MR) is 494 cm³/mol. The first kappa shape index (κ1) is 125. The minimum absolute atomic E-state index is 0.0210. The average Bonchev–Trinajstić information content (AvgIpc) is 0.953. The van der Waals surface area contributed by atoms with Crippen LogP contribution in [0.2, 0.25) is 36.3 Å². The number of ketones is 1. The number of hydrogen-bond donors (Lipinski definition) is 5. The lowest BCUT2D eigenvalue weighted by atomic mass is 9.95. The van der Waals surface area contributed by atoms with E-state index in [4.69, 9.17) is 91.1 Å².